The van der Waals surface area contributed by atoms with Crippen LogP contribution in [-0.4, -0.2) is 35.8 Å². The summed E-state index contributed by atoms with van der Waals surface area (Å²) in [7, 11) is 1.98. The van der Waals surface area contributed by atoms with E-state index in [1.54, 1.807) is 0 Å². The molecule has 0 radical (unpaired) electrons. The monoisotopic (exact) mass is 340 g/mol. The third-order valence-electron chi connectivity index (χ3n) is 5.10. The number of fused-ring (bicyclic) bond motifs is 2. The number of nitrogens with zero attached hydrogens (tertiary/aromatic N) is 2. The number of carbonyl (C=O) groups excluding carboxylic acids is 1. The zero-order valence-corrected chi connectivity index (χ0v) is 14.5. The van der Waals surface area contributed by atoms with Crippen molar-refractivity contribution >= 4 is 11.6 Å². The molecule has 1 aliphatic carbocycles. The van der Waals surface area contributed by atoms with Crippen molar-refractivity contribution in [3.8, 4) is 5.75 Å². The van der Waals surface area contributed by atoms with Crippen LogP contribution in [0.5, 0.6) is 5.75 Å². The van der Waals surface area contributed by atoms with E-state index in [0.717, 1.165) is 30.0 Å². The summed E-state index contributed by atoms with van der Waals surface area (Å²) in [5.74, 6) is 0.664. The number of ether oxygens (including phenoxy) is 1. The van der Waals surface area contributed by atoms with Gasteiger partial charge in [-0.2, -0.15) is 5.10 Å². The number of aromatic amines is 1. The Morgan fingerprint density at radius 1 is 1.32 bits per heavy atom. The minimum absolute atomic E-state index is 0.0910. The van der Waals surface area contributed by atoms with Gasteiger partial charge in [0.15, 0.2) is 6.10 Å². The van der Waals surface area contributed by atoms with Crippen LogP contribution in [0.25, 0.3) is 0 Å². The van der Waals surface area contributed by atoms with E-state index in [1.165, 1.54) is 30.5 Å². The third kappa shape index (κ3) is 3.21. The van der Waals surface area contributed by atoms with Gasteiger partial charge in [0.05, 0.1) is 24.5 Å². The van der Waals surface area contributed by atoms with Gasteiger partial charge in [-0.3, -0.25) is 9.89 Å². The van der Waals surface area contributed by atoms with E-state index in [4.69, 9.17) is 4.74 Å². The average Bonchev–Trinajstić information content (AvgIpc) is 2.86. The van der Waals surface area contributed by atoms with Crippen molar-refractivity contribution in [3.05, 3.63) is 41.2 Å². The molecule has 2 heterocycles. The molecular formula is C19H24N4O2. The average molecular weight is 340 g/mol. The van der Waals surface area contributed by atoms with Gasteiger partial charge in [-0.15, -0.1) is 0 Å². The smallest absolute Gasteiger partial charge is 0.263 e. The highest BCUT2D eigenvalue weighted by Crippen LogP contribution is 2.31. The molecular weight excluding hydrogens is 316 g/mol. The lowest BCUT2D eigenvalue weighted by Gasteiger charge is -2.32. The predicted octanol–water partition coefficient (Wildman–Crippen LogP) is 2.19. The maximum Gasteiger partial charge on any atom is 0.263 e. The summed E-state index contributed by atoms with van der Waals surface area (Å²) in [5, 5.41) is 10.6. The number of para-hydroxylation sites is 2. The van der Waals surface area contributed by atoms with E-state index in [1.807, 2.05) is 31.3 Å². The van der Waals surface area contributed by atoms with Crippen molar-refractivity contribution in [2.45, 2.75) is 44.8 Å². The number of aryl methyl sites for hydroxylation is 1. The second kappa shape index (κ2) is 6.78. The fourth-order valence-corrected chi connectivity index (χ4v) is 3.70. The molecule has 2 aliphatic rings. The number of amides is 1. The molecule has 132 valence electrons. The second-order valence-electron chi connectivity index (χ2n) is 6.86. The summed E-state index contributed by atoms with van der Waals surface area (Å²) in [6, 6.07) is 7.80. The molecule has 0 spiro atoms. The minimum atomic E-state index is -0.502. The van der Waals surface area contributed by atoms with E-state index < -0.39 is 6.10 Å². The number of nitrogens with one attached hydrogen (secondary N) is 2. The number of anilines is 1. The van der Waals surface area contributed by atoms with Crippen LogP contribution >= 0.6 is 0 Å². The van der Waals surface area contributed by atoms with Crippen LogP contribution in [0.3, 0.4) is 0 Å². The Hall–Kier alpha value is -2.50. The first-order valence-electron chi connectivity index (χ1n) is 9.02. The van der Waals surface area contributed by atoms with E-state index in [9.17, 15) is 4.79 Å². The number of rotatable bonds is 3. The van der Waals surface area contributed by atoms with Gasteiger partial charge in [0.2, 0.25) is 0 Å². The molecule has 4 rings (SSSR count). The number of hydrogen-bond donors (Lipinski definition) is 2. The lowest BCUT2D eigenvalue weighted by atomic mass is 10.1. The van der Waals surface area contributed by atoms with Gasteiger partial charge in [-0.05, 0) is 43.4 Å². The van der Waals surface area contributed by atoms with Crippen molar-refractivity contribution in [3.63, 3.8) is 0 Å². The molecule has 0 saturated carbocycles. The molecule has 0 bridgehead atoms. The molecule has 6 nitrogen and oxygen atoms in total. The van der Waals surface area contributed by atoms with Gasteiger partial charge in [-0.1, -0.05) is 18.6 Å². The normalized spacial score (nSPS) is 19.4. The molecule has 1 aliphatic heterocycles. The van der Waals surface area contributed by atoms with Crippen LogP contribution in [0.2, 0.25) is 0 Å². The highest BCUT2D eigenvalue weighted by Gasteiger charge is 2.29. The molecule has 1 atom stereocenters. The van der Waals surface area contributed by atoms with Crippen molar-refractivity contribution in [2.75, 3.05) is 18.5 Å². The first-order valence-corrected chi connectivity index (χ1v) is 9.02. The Morgan fingerprint density at radius 3 is 3.08 bits per heavy atom. The number of likely N-dealkylation sites (N-methyl/N-ethyl adjacent to an activating group) is 1. The van der Waals surface area contributed by atoms with Crippen molar-refractivity contribution in [2.24, 2.45) is 0 Å². The maximum atomic E-state index is 12.6. The van der Waals surface area contributed by atoms with Gasteiger partial charge in [0, 0.05) is 12.7 Å². The first kappa shape index (κ1) is 16.0. The second-order valence-corrected chi connectivity index (χ2v) is 6.86. The predicted molar refractivity (Wildman–Crippen MR) is 95.8 cm³/mol. The third-order valence-corrected chi connectivity index (χ3v) is 5.10. The number of benzene rings is 1. The topological polar surface area (TPSA) is 70.2 Å². The summed E-state index contributed by atoms with van der Waals surface area (Å²) in [4.78, 5) is 14.6. The molecule has 2 aromatic rings. The van der Waals surface area contributed by atoms with Gasteiger partial charge >= 0.3 is 0 Å². The van der Waals surface area contributed by atoms with E-state index in [2.05, 4.69) is 20.4 Å². The van der Waals surface area contributed by atoms with Gasteiger partial charge in [0.1, 0.15) is 5.75 Å². The Labute approximate surface area is 147 Å². The molecule has 1 aromatic carbocycles. The van der Waals surface area contributed by atoms with Gasteiger partial charge < -0.3 is 15.0 Å². The summed E-state index contributed by atoms with van der Waals surface area (Å²) < 4.78 is 5.88. The molecule has 1 amide bonds. The summed E-state index contributed by atoms with van der Waals surface area (Å²) in [6.45, 7) is 0.997. The fourth-order valence-electron chi connectivity index (χ4n) is 3.70. The molecule has 0 saturated heterocycles. The number of carbonyl (C=O) groups is 1. The molecule has 2 N–H and O–H groups in total. The Bertz CT molecular complexity index is 771. The number of H-pyrrole nitrogens is 1. The van der Waals surface area contributed by atoms with Gasteiger partial charge in [-0.25, -0.2) is 0 Å². The number of aromatic nitrogens is 2. The summed E-state index contributed by atoms with van der Waals surface area (Å²) >= 11 is 0. The Morgan fingerprint density at radius 2 is 2.16 bits per heavy atom. The molecule has 6 heteroatoms. The lowest BCUT2D eigenvalue weighted by Crippen LogP contribution is -2.47. The minimum Gasteiger partial charge on any atom is -0.477 e. The standard InChI is InChI=1S/C19H24N4O2/c1-23-12-18(25-17-10-6-5-9-16(17)23)19(24)20-11-15-13-7-3-2-4-8-14(13)21-22-15/h5-6,9-10,18H,2-4,7-8,11-12H2,1H3,(H,20,24)(H,21,22)/t18-/m1/s1. The molecule has 25 heavy (non-hydrogen) atoms. The SMILES string of the molecule is CN1C[C@H](C(=O)NCc2n[nH]c3c2CCCCC3)Oc2ccccc21. The van der Waals surface area contributed by atoms with Crippen molar-refractivity contribution in [1.82, 2.24) is 15.5 Å². The van der Waals surface area contributed by atoms with Crippen LogP contribution in [0, 0.1) is 0 Å². The van der Waals surface area contributed by atoms with Crippen molar-refractivity contribution in [1.29, 1.82) is 0 Å². The van der Waals surface area contributed by atoms with Gasteiger partial charge in [0.25, 0.3) is 5.91 Å². The largest absolute Gasteiger partial charge is 0.477 e. The van der Waals surface area contributed by atoms with Crippen LogP contribution in [0.1, 0.15) is 36.2 Å². The van der Waals surface area contributed by atoms with Crippen LogP contribution in [-0.2, 0) is 24.2 Å². The van der Waals surface area contributed by atoms with E-state index in [0.29, 0.717) is 13.1 Å². The van der Waals surface area contributed by atoms with Crippen LogP contribution < -0.4 is 15.0 Å². The Balaban J connectivity index is 1.41. The highest BCUT2D eigenvalue weighted by molar-refractivity contribution is 5.83. The molecule has 0 fully saturated rings. The summed E-state index contributed by atoms with van der Waals surface area (Å²) in [6.07, 6.45) is 5.27. The lowest BCUT2D eigenvalue weighted by molar-refractivity contribution is -0.128. The van der Waals surface area contributed by atoms with Crippen LogP contribution in [0.4, 0.5) is 5.69 Å². The van der Waals surface area contributed by atoms with Crippen LogP contribution in [0.15, 0.2) is 24.3 Å². The van der Waals surface area contributed by atoms with E-state index in [-0.39, 0.29) is 5.91 Å². The number of hydrogen-bond acceptors (Lipinski definition) is 4. The first-order chi connectivity index (χ1) is 12.2. The summed E-state index contributed by atoms with van der Waals surface area (Å²) in [5.41, 5.74) is 4.52. The highest BCUT2D eigenvalue weighted by atomic mass is 16.5. The zero-order valence-electron chi connectivity index (χ0n) is 14.5. The molecule has 1 aromatic heterocycles. The quantitative estimate of drug-likeness (QED) is 0.841. The fraction of sp³-hybridized carbons (Fsp3) is 0.474. The Kier molecular flexibility index (Phi) is 4.34. The zero-order chi connectivity index (χ0) is 17.2. The molecule has 0 unspecified atom stereocenters. The maximum absolute atomic E-state index is 12.6. The van der Waals surface area contributed by atoms with E-state index >= 15 is 0 Å². The van der Waals surface area contributed by atoms with Crippen molar-refractivity contribution < 1.29 is 9.53 Å².